The van der Waals surface area contributed by atoms with Gasteiger partial charge in [0, 0.05) is 5.56 Å². The smallest absolute Gasteiger partial charge is 0.360 e. The minimum Gasteiger partial charge on any atom is -0.461 e. The van der Waals surface area contributed by atoms with Crippen LogP contribution in [0.2, 0.25) is 0 Å². The Bertz CT molecular complexity index is 610. The van der Waals surface area contributed by atoms with Crippen molar-refractivity contribution in [3.63, 3.8) is 0 Å². The van der Waals surface area contributed by atoms with Crippen molar-refractivity contribution in [2.45, 2.75) is 33.7 Å². The summed E-state index contributed by atoms with van der Waals surface area (Å²) in [6, 6.07) is -0.128. The Morgan fingerprint density at radius 2 is 2.25 bits per heavy atom. The number of hydrogen-bond donors (Lipinski definition) is 1. The molecule has 7 heteroatoms. The number of carbonyl (C=O) groups is 1. The molecule has 1 unspecified atom stereocenters. The van der Waals surface area contributed by atoms with Crippen LogP contribution in [0.25, 0.3) is 0 Å². The summed E-state index contributed by atoms with van der Waals surface area (Å²) in [5, 5.41) is 3.92. The highest BCUT2D eigenvalue weighted by Crippen LogP contribution is 2.27. The van der Waals surface area contributed by atoms with Crippen molar-refractivity contribution in [2.75, 3.05) is 12.3 Å². The average Bonchev–Trinajstić information content (AvgIpc) is 2.93. The molecule has 2 N–H and O–H groups in total. The maximum atomic E-state index is 11.7. The standard InChI is InChI=1S/C13H18N4O3/c1-5-19-13(18)11-12(14)17(6-15-11)8(3)10-7(2)16-20-9(10)4/h6,8H,5,14H2,1-4H3. The van der Waals surface area contributed by atoms with E-state index >= 15 is 0 Å². The van der Waals surface area contributed by atoms with Crippen molar-refractivity contribution in [1.82, 2.24) is 14.7 Å². The zero-order valence-electron chi connectivity index (χ0n) is 12.0. The summed E-state index contributed by atoms with van der Waals surface area (Å²) in [5.74, 6) is 0.478. The molecular weight excluding hydrogens is 260 g/mol. The van der Waals surface area contributed by atoms with Gasteiger partial charge in [0.05, 0.1) is 24.7 Å². The van der Waals surface area contributed by atoms with Crippen LogP contribution in [0.3, 0.4) is 0 Å². The molecule has 0 saturated carbocycles. The fourth-order valence-electron chi connectivity index (χ4n) is 2.26. The molecule has 0 bridgehead atoms. The molecule has 0 aliphatic carbocycles. The summed E-state index contributed by atoms with van der Waals surface area (Å²) in [6.45, 7) is 7.66. The number of hydrogen-bond acceptors (Lipinski definition) is 6. The van der Waals surface area contributed by atoms with E-state index in [9.17, 15) is 4.79 Å². The van der Waals surface area contributed by atoms with Gasteiger partial charge in [-0.25, -0.2) is 9.78 Å². The molecule has 0 aromatic carbocycles. The van der Waals surface area contributed by atoms with Gasteiger partial charge in [0.15, 0.2) is 5.69 Å². The molecule has 1 atom stereocenters. The second-order valence-corrected chi connectivity index (χ2v) is 4.52. The molecule has 0 saturated heterocycles. The van der Waals surface area contributed by atoms with E-state index in [2.05, 4.69) is 10.1 Å². The Labute approximate surface area is 116 Å². The lowest BCUT2D eigenvalue weighted by Gasteiger charge is -2.14. The summed E-state index contributed by atoms with van der Waals surface area (Å²) in [6.07, 6.45) is 1.53. The zero-order valence-corrected chi connectivity index (χ0v) is 12.0. The highest BCUT2D eigenvalue weighted by molar-refractivity contribution is 5.92. The molecule has 108 valence electrons. The van der Waals surface area contributed by atoms with Gasteiger partial charge in [0.25, 0.3) is 0 Å². The van der Waals surface area contributed by atoms with Crippen LogP contribution in [0.5, 0.6) is 0 Å². The fraction of sp³-hybridized carbons (Fsp3) is 0.462. The van der Waals surface area contributed by atoms with Gasteiger partial charge in [-0.15, -0.1) is 0 Å². The van der Waals surface area contributed by atoms with Crippen molar-refractivity contribution in [3.8, 4) is 0 Å². The van der Waals surface area contributed by atoms with Gasteiger partial charge in [-0.05, 0) is 27.7 Å². The Hall–Kier alpha value is -2.31. The van der Waals surface area contributed by atoms with Crippen molar-refractivity contribution in [3.05, 3.63) is 29.0 Å². The summed E-state index contributed by atoms with van der Waals surface area (Å²) in [4.78, 5) is 15.7. The van der Waals surface area contributed by atoms with E-state index in [0.29, 0.717) is 0 Å². The van der Waals surface area contributed by atoms with Crippen LogP contribution < -0.4 is 5.73 Å². The van der Waals surface area contributed by atoms with Gasteiger partial charge in [-0.1, -0.05) is 5.16 Å². The molecule has 0 radical (unpaired) electrons. The van der Waals surface area contributed by atoms with E-state index in [1.807, 2.05) is 20.8 Å². The fourth-order valence-corrected chi connectivity index (χ4v) is 2.26. The van der Waals surface area contributed by atoms with E-state index in [-0.39, 0.29) is 24.2 Å². The first kappa shape index (κ1) is 14.1. The topological polar surface area (TPSA) is 96.2 Å². The van der Waals surface area contributed by atoms with Gasteiger partial charge in [-0.2, -0.15) is 0 Å². The van der Waals surface area contributed by atoms with Crippen molar-refractivity contribution >= 4 is 11.8 Å². The minimum atomic E-state index is -0.519. The molecule has 0 aliphatic heterocycles. The van der Waals surface area contributed by atoms with Crippen LogP contribution in [0, 0.1) is 13.8 Å². The van der Waals surface area contributed by atoms with E-state index in [4.69, 9.17) is 15.0 Å². The second kappa shape index (κ2) is 5.36. The van der Waals surface area contributed by atoms with Gasteiger partial charge in [0.1, 0.15) is 11.6 Å². The SMILES string of the molecule is CCOC(=O)c1ncn(C(C)c2c(C)noc2C)c1N. The maximum absolute atomic E-state index is 11.7. The highest BCUT2D eigenvalue weighted by atomic mass is 16.5. The van der Waals surface area contributed by atoms with Gasteiger partial charge in [0.2, 0.25) is 0 Å². The quantitative estimate of drug-likeness (QED) is 0.857. The largest absolute Gasteiger partial charge is 0.461 e. The number of ether oxygens (including phenoxy) is 1. The molecule has 0 fully saturated rings. The van der Waals surface area contributed by atoms with Crippen LogP contribution >= 0.6 is 0 Å². The summed E-state index contributed by atoms with van der Waals surface area (Å²) < 4.78 is 11.8. The predicted octanol–water partition coefficient (Wildman–Crippen LogP) is 1.86. The number of nitrogen functional groups attached to an aromatic ring is 1. The van der Waals surface area contributed by atoms with E-state index in [0.717, 1.165) is 17.0 Å². The van der Waals surface area contributed by atoms with Crippen LogP contribution in [0.4, 0.5) is 5.82 Å². The first-order valence-electron chi connectivity index (χ1n) is 6.39. The first-order chi connectivity index (χ1) is 9.47. The van der Waals surface area contributed by atoms with Crippen LogP contribution in [-0.4, -0.2) is 27.3 Å². The molecule has 2 rings (SSSR count). The van der Waals surface area contributed by atoms with E-state index in [1.54, 1.807) is 11.5 Å². The predicted molar refractivity (Wildman–Crippen MR) is 72.4 cm³/mol. The van der Waals surface area contributed by atoms with Crippen LogP contribution in [-0.2, 0) is 4.74 Å². The maximum Gasteiger partial charge on any atom is 0.360 e. The number of imidazole rings is 1. The average molecular weight is 278 g/mol. The molecule has 7 nitrogen and oxygen atoms in total. The molecule has 2 aromatic rings. The number of carbonyl (C=O) groups excluding carboxylic acids is 1. The monoisotopic (exact) mass is 278 g/mol. The third-order valence-corrected chi connectivity index (χ3v) is 3.22. The van der Waals surface area contributed by atoms with E-state index < -0.39 is 5.97 Å². The minimum absolute atomic E-state index is 0.128. The number of aromatic nitrogens is 3. The molecule has 0 aliphatic rings. The van der Waals surface area contributed by atoms with E-state index in [1.165, 1.54) is 6.33 Å². The number of rotatable bonds is 4. The lowest BCUT2D eigenvalue weighted by atomic mass is 10.1. The molecule has 2 aromatic heterocycles. The second-order valence-electron chi connectivity index (χ2n) is 4.52. The van der Waals surface area contributed by atoms with Gasteiger partial charge in [-0.3, -0.25) is 0 Å². The van der Waals surface area contributed by atoms with Crippen LogP contribution in [0.1, 0.15) is 47.4 Å². The normalized spacial score (nSPS) is 12.4. The lowest BCUT2D eigenvalue weighted by Crippen LogP contribution is -2.13. The number of aryl methyl sites for hydroxylation is 2. The summed E-state index contributed by atoms with van der Waals surface area (Å²) in [7, 11) is 0. The third-order valence-electron chi connectivity index (χ3n) is 3.22. The highest BCUT2D eigenvalue weighted by Gasteiger charge is 2.23. The van der Waals surface area contributed by atoms with Gasteiger partial charge < -0.3 is 19.6 Å². The van der Waals surface area contributed by atoms with Crippen LogP contribution in [0.15, 0.2) is 10.9 Å². The number of nitrogens with two attached hydrogens (primary N) is 1. The number of nitrogens with zero attached hydrogens (tertiary/aromatic N) is 3. The van der Waals surface area contributed by atoms with Crippen molar-refractivity contribution < 1.29 is 14.1 Å². The Kier molecular flexibility index (Phi) is 3.78. The lowest BCUT2D eigenvalue weighted by molar-refractivity contribution is 0.0521. The first-order valence-corrected chi connectivity index (χ1v) is 6.39. The summed E-state index contributed by atoms with van der Waals surface area (Å²) >= 11 is 0. The summed E-state index contributed by atoms with van der Waals surface area (Å²) in [5.41, 5.74) is 7.85. The Morgan fingerprint density at radius 3 is 2.80 bits per heavy atom. The molecule has 2 heterocycles. The molecular formula is C13H18N4O3. The number of esters is 1. The molecule has 0 spiro atoms. The zero-order chi connectivity index (χ0) is 14.9. The number of anilines is 1. The van der Waals surface area contributed by atoms with Crippen molar-refractivity contribution in [1.29, 1.82) is 0 Å². The Balaban J connectivity index is 2.37. The Morgan fingerprint density at radius 1 is 1.55 bits per heavy atom. The van der Waals surface area contributed by atoms with Gasteiger partial charge >= 0.3 is 5.97 Å². The molecule has 20 heavy (non-hydrogen) atoms. The molecule has 0 amide bonds. The third kappa shape index (κ3) is 2.26. The van der Waals surface area contributed by atoms with Crippen molar-refractivity contribution in [2.24, 2.45) is 0 Å².